The van der Waals surface area contributed by atoms with Crippen molar-refractivity contribution in [1.29, 1.82) is 0 Å². The SMILES string of the molecule is Cc1nc2ccccc2c(=O)n1-c1ccccc1Cl.Cc1nc2ccccc2c(=O)n1-c1ccccc1Cl. The van der Waals surface area contributed by atoms with Gasteiger partial charge in [0.1, 0.15) is 11.6 Å². The molecule has 188 valence electrons. The van der Waals surface area contributed by atoms with Gasteiger partial charge in [-0.25, -0.2) is 9.97 Å². The third-order valence-corrected chi connectivity index (χ3v) is 6.71. The number of halogens is 2. The number of hydrogen-bond donors (Lipinski definition) is 0. The number of aromatic nitrogens is 4. The fourth-order valence-electron chi connectivity index (χ4n) is 4.32. The Balaban J connectivity index is 0.000000155. The highest BCUT2D eigenvalue weighted by Gasteiger charge is 2.12. The zero-order valence-corrected chi connectivity index (χ0v) is 22.1. The molecule has 0 fully saturated rings. The molecule has 0 unspecified atom stereocenters. The van der Waals surface area contributed by atoms with Gasteiger partial charge in [-0.05, 0) is 62.4 Å². The molecule has 0 saturated carbocycles. The Morgan fingerprint density at radius 3 is 1.26 bits per heavy atom. The van der Waals surface area contributed by atoms with E-state index >= 15 is 0 Å². The van der Waals surface area contributed by atoms with E-state index < -0.39 is 0 Å². The molecular weight excluding hydrogens is 519 g/mol. The molecule has 0 N–H and O–H groups in total. The summed E-state index contributed by atoms with van der Waals surface area (Å²) >= 11 is 12.3. The van der Waals surface area contributed by atoms with Gasteiger partial charge in [0.15, 0.2) is 0 Å². The molecule has 2 heterocycles. The van der Waals surface area contributed by atoms with Crippen molar-refractivity contribution in [2.75, 3.05) is 0 Å². The Labute approximate surface area is 228 Å². The van der Waals surface area contributed by atoms with E-state index in [1.165, 1.54) is 0 Å². The van der Waals surface area contributed by atoms with E-state index in [0.717, 1.165) is 0 Å². The summed E-state index contributed by atoms with van der Waals surface area (Å²) in [5, 5.41) is 2.25. The van der Waals surface area contributed by atoms with Crippen LogP contribution in [0.2, 0.25) is 10.0 Å². The van der Waals surface area contributed by atoms with Crippen LogP contribution >= 0.6 is 23.2 Å². The Morgan fingerprint density at radius 1 is 0.526 bits per heavy atom. The van der Waals surface area contributed by atoms with E-state index in [1.54, 1.807) is 47.2 Å². The zero-order valence-electron chi connectivity index (χ0n) is 20.6. The van der Waals surface area contributed by atoms with Gasteiger partial charge in [0, 0.05) is 0 Å². The lowest BCUT2D eigenvalue weighted by Gasteiger charge is -2.11. The molecule has 6 nitrogen and oxygen atoms in total. The summed E-state index contributed by atoms with van der Waals surface area (Å²) in [5.74, 6) is 1.24. The van der Waals surface area contributed by atoms with Crippen molar-refractivity contribution in [2.24, 2.45) is 0 Å². The molecule has 6 aromatic rings. The Bertz CT molecular complexity index is 1790. The number of fused-ring (bicyclic) bond motifs is 2. The van der Waals surface area contributed by atoms with Gasteiger partial charge >= 0.3 is 0 Å². The second-order valence-electron chi connectivity index (χ2n) is 8.54. The molecule has 4 aromatic carbocycles. The lowest BCUT2D eigenvalue weighted by Crippen LogP contribution is -2.22. The van der Waals surface area contributed by atoms with Crippen LogP contribution in [0.25, 0.3) is 33.2 Å². The van der Waals surface area contributed by atoms with Gasteiger partial charge in [-0.3, -0.25) is 18.7 Å². The summed E-state index contributed by atoms with van der Waals surface area (Å²) in [7, 11) is 0. The van der Waals surface area contributed by atoms with Crippen LogP contribution in [0.4, 0.5) is 0 Å². The highest BCUT2D eigenvalue weighted by atomic mass is 35.5. The van der Waals surface area contributed by atoms with Crippen LogP contribution in [0.15, 0.2) is 107 Å². The predicted molar refractivity (Wildman–Crippen MR) is 154 cm³/mol. The second kappa shape index (κ2) is 10.6. The quantitative estimate of drug-likeness (QED) is 0.245. The third kappa shape index (κ3) is 4.72. The molecule has 0 atom stereocenters. The number of rotatable bonds is 2. The molecule has 0 aliphatic rings. The first-order chi connectivity index (χ1) is 18.4. The van der Waals surface area contributed by atoms with Crippen LogP contribution < -0.4 is 11.1 Å². The second-order valence-corrected chi connectivity index (χ2v) is 9.35. The van der Waals surface area contributed by atoms with Crippen molar-refractivity contribution in [3.8, 4) is 11.4 Å². The van der Waals surface area contributed by atoms with Crippen LogP contribution in [-0.4, -0.2) is 19.1 Å². The molecule has 38 heavy (non-hydrogen) atoms. The standard InChI is InChI=1S/2C15H11ClN2O/c2*1-10-17-13-8-4-2-6-11(13)15(19)18(10)14-9-5-3-7-12(14)16/h2*2-9H,1H3. The van der Waals surface area contributed by atoms with E-state index in [1.807, 2.05) is 72.8 Å². The molecule has 0 radical (unpaired) electrons. The molecule has 0 amide bonds. The molecule has 0 saturated heterocycles. The fourth-order valence-corrected chi connectivity index (χ4v) is 4.76. The normalized spacial score (nSPS) is 10.8. The minimum absolute atomic E-state index is 0.101. The number of benzene rings is 4. The van der Waals surface area contributed by atoms with Crippen molar-refractivity contribution in [3.05, 3.63) is 139 Å². The number of nitrogens with zero attached hydrogens (tertiary/aromatic N) is 4. The topological polar surface area (TPSA) is 69.8 Å². The van der Waals surface area contributed by atoms with Gasteiger partial charge in [0.25, 0.3) is 11.1 Å². The van der Waals surface area contributed by atoms with Gasteiger partial charge in [0.05, 0.1) is 43.2 Å². The minimum atomic E-state index is -0.101. The zero-order chi connectivity index (χ0) is 26.8. The van der Waals surface area contributed by atoms with Crippen LogP contribution in [0.1, 0.15) is 11.6 Å². The highest BCUT2D eigenvalue weighted by Crippen LogP contribution is 2.21. The van der Waals surface area contributed by atoms with Crippen molar-refractivity contribution < 1.29 is 0 Å². The van der Waals surface area contributed by atoms with Gasteiger partial charge in [-0.2, -0.15) is 0 Å². The van der Waals surface area contributed by atoms with Gasteiger partial charge < -0.3 is 0 Å². The van der Waals surface area contributed by atoms with E-state index in [2.05, 4.69) is 9.97 Å². The van der Waals surface area contributed by atoms with Gasteiger partial charge in [-0.15, -0.1) is 0 Å². The maximum Gasteiger partial charge on any atom is 0.266 e. The molecular formula is C30H22Cl2N4O2. The van der Waals surface area contributed by atoms with E-state index in [-0.39, 0.29) is 11.1 Å². The largest absolute Gasteiger partial charge is 0.268 e. The summed E-state index contributed by atoms with van der Waals surface area (Å²) in [6.45, 7) is 3.61. The first-order valence-electron chi connectivity index (χ1n) is 11.8. The third-order valence-electron chi connectivity index (χ3n) is 6.07. The summed E-state index contributed by atoms with van der Waals surface area (Å²) in [5.41, 5.74) is 2.52. The van der Waals surface area contributed by atoms with E-state index in [4.69, 9.17) is 23.2 Å². The van der Waals surface area contributed by atoms with Crippen LogP contribution in [-0.2, 0) is 0 Å². The summed E-state index contributed by atoms with van der Waals surface area (Å²) in [6.07, 6.45) is 0. The lowest BCUT2D eigenvalue weighted by atomic mass is 10.2. The smallest absolute Gasteiger partial charge is 0.266 e. The Hall–Kier alpha value is -4.26. The molecule has 0 bridgehead atoms. The number of hydrogen-bond acceptors (Lipinski definition) is 4. The maximum absolute atomic E-state index is 12.6. The first kappa shape index (κ1) is 25.4. The minimum Gasteiger partial charge on any atom is -0.268 e. The molecule has 0 spiro atoms. The molecule has 0 aliphatic carbocycles. The van der Waals surface area contributed by atoms with Crippen LogP contribution in [0.5, 0.6) is 0 Å². The monoisotopic (exact) mass is 540 g/mol. The number of aryl methyl sites for hydroxylation is 2. The lowest BCUT2D eigenvalue weighted by molar-refractivity contribution is 0.895. The van der Waals surface area contributed by atoms with Crippen molar-refractivity contribution in [2.45, 2.75) is 13.8 Å². The molecule has 8 heteroatoms. The Kier molecular flexibility index (Phi) is 7.09. The van der Waals surface area contributed by atoms with Crippen molar-refractivity contribution in [3.63, 3.8) is 0 Å². The average molecular weight is 541 g/mol. The van der Waals surface area contributed by atoms with Crippen LogP contribution in [0, 0.1) is 13.8 Å². The summed E-state index contributed by atoms with van der Waals surface area (Å²) in [6, 6.07) is 29.1. The van der Waals surface area contributed by atoms with Crippen LogP contribution in [0.3, 0.4) is 0 Å². The predicted octanol–water partition coefficient (Wildman–Crippen LogP) is 6.70. The average Bonchev–Trinajstić information content (AvgIpc) is 2.91. The van der Waals surface area contributed by atoms with E-state index in [0.29, 0.717) is 54.9 Å². The summed E-state index contributed by atoms with van der Waals surface area (Å²) in [4.78, 5) is 34.0. The van der Waals surface area contributed by atoms with Gasteiger partial charge in [0.2, 0.25) is 0 Å². The van der Waals surface area contributed by atoms with Gasteiger partial charge in [-0.1, -0.05) is 71.7 Å². The highest BCUT2D eigenvalue weighted by molar-refractivity contribution is 6.32. The first-order valence-corrected chi connectivity index (χ1v) is 12.6. The molecule has 0 aliphatic heterocycles. The molecule has 6 rings (SSSR count). The number of para-hydroxylation sites is 4. The fraction of sp³-hybridized carbons (Fsp3) is 0.0667. The summed E-state index contributed by atoms with van der Waals surface area (Å²) < 4.78 is 3.09. The maximum atomic E-state index is 12.6. The van der Waals surface area contributed by atoms with Crippen molar-refractivity contribution in [1.82, 2.24) is 19.1 Å². The Morgan fingerprint density at radius 2 is 0.868 bits per heavy atom. The van der Waals surface area contributed by atoms with Crippen molar-refractivity contribution >= 4 is 45.0 Å². The molecule has 2 aromatic heterocycles. The van der Waals surface area contributed by atoms with E-state index in [9.17, 15) is 9.59 Å².